The van der Waals surface area contributed by atoms with E-state index >= 15 is 0 Å². The Morgan fingerprint density at radius 3 is 2.94 bits per heavy atom. The lowest BCUT2D eigenvalue weighted by Gasteiger charge is -2.23. The van der Waals surface area contributed by atoms with Crippen LogP contribution >= 0.6 is 0 Å². The molecule has 1 saturated carbocycles. The maximum Gasteiger partial charge on any atom is 0.310 e. The summed E-state index contributed by atoms with van der Waals surface area (Å²) < 4.78 is 1.66. The Balaban J connectivity index is 2.22. The molecule has 0 aromatic carbocycles. The number of carboxylic acids is 1. The monoisotopic (exact) mass is 223 g/mol. The molecule has 1 aromatic heterocycles. The van der Waals surface area contributed by atoms with Crippen molar-refractivity contribution in [1.29, 1.82) is 0 Å². The highest BCUT2D eigenvalue weighted by molar-refractivity contribution is 5.75. The Hall–Kier alpha value is -1.39. The molecule has 2 rings (SSSR count). The molecule has 2 unspecified atom stereocenters. The quantitative estimate of drug-likeness (QED) is 0.837. The molecule has 0 spiro atoms. The first-order chi connectivity index (χ1) is 7.53. The maximum atomic E-state index is 11.4. The predicted octanol–water partition coefficient (Wildman–Crippen LogP) is 1.25. The van der Waals surface area contributed by atoms with Gasteiger partial charge in [-0.2, -0.15) is 5.10 Å². The van der Waals surface area contributed by atoms with Gasteiger partial charge in [0, 0.05) is 13.5 Å². The zero-order valence-electron chi connectivity index (χ0n) is 9.68. The lowest BCUT2D eigenvalue weighted by molar-refractivity contribution is -0.148. The van der Waals surface area contributed by atoms with Gasteiger partial charge >= 0.3 is 5.97 Å². The van der Waals surface area contributed by atoms with Gasteiger partial charge in [0.2, 0.25) is 0 Å². The van der Waals surface area contributed by atoms with Gasteiger partial charge in [0.1, 0.15) is 12.2 Å². The molecule has 16 heavy (non-hydrogen) atoms. The van der Waals surface area contributed by atoms with Crippen LogP contribution in [-0.2, 0) is 18.3 Å². The highest BCUT2D eigenvalue weighted by Crippen LogP contribution is 2.43. The van der Waals surface area contributed by atoms with Gasteiger partial charge in [0.05, 0.1) is 5.41 Å². The molecule has 0 radical (unpaired) electrons. The van der Waals surface area contributed by atoms with E-state index in [1.54, 1.807) is 11.7 Å². The third kappa shape index (κ3) is 1.81. The molecule has 1 fully saturated rings. The van der Waals surface area contributed by atoms with Crippen LogP contribution in [0.4, 0.5) is 0 Å². The van der Waals surface area contributed by atoms with Gasteiger partial charge in [-0.1, -0.05) is 6.92 Å². The normalized spacial score (nSPS) is 29.5. The molecule has 1 heterocycles. The summed E-state index contributed by atoms with van der Waals surface area (Å²) in [7, 11) is 1.80. The number of rotatable bonds is 3. The first kappa shape index (κ1) is 11.1. The molecule has 1 N–H and O–H groups in total. The average Bonchev–Trinajstić information content (AvgIpc) is 2.76. The Labute approximate surface area is 94.5 Å². The van der Waals surface area contributed by atoms with E-state index in [4.69, 9.17) is 0 Å². The molecular formula is C11H17N3O2. The van der Waals surface area contributed by atoms with E-state index in [0.717, 1.165) is 25.1 Å². The summed E-state index contributed by atoms with van der Waals surface area (Å²) >= 11 is 0. The molecule has 1 aromatic rings. The third-order valence-corrected chi connectivity index (χ3v) is 3.61. The minimum absolute atomic E-state index is 0.489. The molecule has 88 valence electrons. The lowest BCUT2D eigenvalue weighted by atomic mass is 9.81. The van der Waals surface area contributed by atoms with Crippen molar-refractivity contribution in [3.63, 3.8) is 0 Å². The van der Waals surface area contributed by atoms with Gasteiger partial charge in [0.25, 0.3) is 0 Å². The summed E-state index contributed by atoms with van der Waals surface area (Å²) in [6.45, 7) is 2.11. The van der Waals surface area contributed by atoms with Crippen molar-refractivity contribution >= 4 is 5.97 Å². The second kappa shape index (κ2) is 3.88. The number of carboxylic acid groups (broad SMARTS) is 1. The SMILES string of the molecule is CC1CCC(Cc2ncnn2C)(C(=O)O)C1. The van der Waals surface area contributed by atoms with Crippen LogP contribution in [0.3, 0.4) is 0 Å². The fourth-order valence-electron chi connectivity index (χ4n) is 2.61. The van der Waals surface area contributed by atoms with E-state index in [0.29, 0.717) is 12.3 Å². The average molecular weight is 223 g/mol. The standard InChI is InChI=1S/C11H17N3O2/c1-8-3-4-11(5-8,10(15)16)6-9-12-7-13-14(9)2/h7-8H,3-6H2,1-2H3,(H,15,16). The first-order valence-corrected chi connectivity index (χ1v) is 5.60. The smallest absolute Gasteiger partial charge is 0.310 e. The highest BCUT2D eigenvalue weighted by Gasteiger charge is 2.45. The van der Waals surface area contributed by atoms with Crippen LogP contribution in [-0.4, -0.2) is 25.8 Å². The summed E-state index contributed by atoms with van der Waals surface area (Å²) in [5.74, 6) is 0.556. The highest BCUT2D eigenvalue weighted by atomic mass is 16.4. The number of carbonyl (C=O) groups is 1. The van der Waals surface area contributed by atoms with E-state index in [1.807, 2.05) is 0 Å². The molecule has 5 nitrogen and oxygen atoms in total. The van der Waals surface area contributed by atoms with Crippen molar-refractivity contribution in [2.45, 2.75) is 32.6 Å². The van der Waals surface area contributed by atoms with E-state index in [1.165, 1.54) is 6.33 Å². The Bertz CT molecular complexity index is 402. The topological polar surface area (TPSA) is 68.0 Å². The maximum absolute atomic E-state index is 11.4. The third-order valence-electron chi connectivity index (χ3n) is 3.61. The van der Waals surface area contributed by atoms with E-state index in [-0.39, 0.29) is 0 Å². The molecule has 1 aliphatic carbocycles. The fraction of sp³-hybridized carbons (Fsp3) is 0.727. The summed E-state index contributed by atoms with van der Waals surface area (Å²) in [5, 5.41) is 13.4. The number of hydrogen-bond acceptors (Lipinski definition) is 3. The first-order valence-electron chi connectivity index (χ1n) is 5.60. The van der Waals surface area contributed by atoms with Crippen molar-refractivity contribution in [1.82, 2.24) is 14.8 Å². The van der Waals surface area contributed by atoms with E-state index in [2.05, 4.69) is 17.0 Å². The molecule has 0 aliphatic heterocycles. The van der Waals surface area contributed by atoms with Crippen LogP contribution < -0.4 is 0 Å². The van der Waals surface area contributed by atoms with Crippen LogP contribution in [0.5, 0.6) is 0 Å². The predicted molar refractivity (Wildman–Crippen MR) is 57.8 cm³/mol. The van der Waals surface area contributed by atoms with Gasteiger partial charge in [-0.15, -0.1) is 0 Å². The molecule has 2 atom stereocenters. The molecule has 0 saturated heterocycles. The lowest BCUT2D eigenvalue weighted by Crippen LogP contribution is -2.31. The Morgan fingerprint density at radius 1 is 1.75 bits per heavy atom. The summed E-state index contributed by atoms with van der Waals surface area (Å²) in [6, 6.07) is 0. The van der Waals surface area contributed by atoms with E-state index in [9.17, 15) is 9.90 Å². The molecule has 5 heteroatoms. The van der Waals surface area contributed by atoms with Crippen LogP contribution in [0.15, 0.2) is 6.33 Å². The van der Waals surface area contributed by atoms with Gasteiger partial charge in [0.15, 0.2) is 0 Å². The van der Waals surface area contributed by atoms with Crippen molar-refractivity contribution in [3.8, 4) is 0 Å². The van der Waals surface area contributed by atoms with E-state index < -0.39 is 11.4 Å². The van der Waals surface area contributed by atoms with Crippen LogP contribution in [0.2, 0.25) is 0 Å². The molecular weight excluding hydrogens is 206 g/mol. The summed E-state index contributed by atoms with van der Waals surface area (Å²) in [6.07, 6.45) is 4.45. The van der Waals surface area contributed by atoms with Crippen molar-refractivity contribution in [3.05, 3.63) is 12.2 Å². The number of hydrogen-bond donors (Lipinski definition) is 1. The van der Waals surface area contributed by atoms with Crippen LogP contribution in [0.25, 0.3) is 0 Å². The van der Waals surface area contributed by atoms with Gasteiger partial charge in [-0.25, -0.2) is 4.98 Å². The second-order valence-electron chi connectivity index (χ2n) is 4.91. The largest absolute Gasteiger partial charge is 0.481 e. The summed E-state index contributed by atoms with van der Waals surface area (Å²) in [4.78, 5) is 15.6. The van der Waals surface area contributed by atoms with Crippen molar-refractivity contribution in [2.75, 3.05) is 0 Å². The molecule has 0 bridgehead atoms. The minimum atomic E-state index is -0.695. The number of aryl methyl sites for hydroxylation is 1. The Kier molecular flexibility index (Phi) is 2.69. The fourth-order valence-corrected chi connectivity index (χ4v) is 2.61. The molecule has 0 amide bonds. The van der Waals surface area contributed by atoms with Crippen LogP contribution in [0.1, 0.15) is 32.0 Å². The number of aliphatic carboxylic acids is 1. The van der Waals surface area contributed by atoms with Gasteiger partial charge in [-0.3, -0.25) is 9.48 Å². The van der Waals surface area contributed by atoms with Gasteiger partial charge < -0.3 is 5.11 Å². The summed E-state index contributed by atoms with van der Waals surface area (Å²) in [5.41, 5.74) is -0.625. The van der Waals surface area contributed by atoms with Crippen molar-refractivity contribution in [2.24, 2.45) is 18.4 Å². The van der Waals surface area contributed by atoms with Crippen LogP contribution in [0, 0.1) is 11.3 Å². The Morgan fingerprint density at radius 2 is 2.50 bits per heavy atom. The van der Waals surface area contributed by atoms with Crippen molar-refractivity contribution < 1.29 is 9.90 Å². The number of nitrogens with zero attached hydrogens (tertiary/aromatic N) is 3. The zero-order valence-corrected chi connectivity index (χ0v) is 9.68. The second-order valence-corrected chi connectivity index (χ2v) is 4.91. The molecule has 1 aliphatic rings. The minimum Gasteiger partial charge on any atom is -0.481 e. The van der Waals surface area contributed by atoms with Gasteiger partial charge in [-0.05, 0) is 25.2 Å². The zero-order chi connectivity index (χ0) is 11.8. The number of aromatic nitrogens is 3.